The molecular formula is C16H23N3O. The van der Waals surface area contributed by atoms with E-state index in [1.54, 1.807) is 0 Å². The van der Waals surface area contributed by atoms with Crippen LogP contribution in [-0.4, -0.2) is 48.1 Å². The van der Waals surface area contributed by atoms with Crippen molar-refractivity contribution in [2.45, 2.75) is 31.7 Å². The Bertz CT molecular complexity index is 444. The van der Waals surface area contributed by atoms with Crippen molar-refractivity contribution in [1.29, 1.82) is 0 Å². The van der Waals surface area contributed by atoms with Crippen molar-refractivity contribution in [3.63, 3.8) is 0 Å². The number of hydrogen-bond acceptors (Lipinski definition) is 2. The summed E-state index contributed by atoms with van der Waals surface area (Å²) in [5.74, 6) is 0. The van der Waals surface area contributed by atoms with Crippen LogP contribution in [0.2, 0.25) is 0 Å². The van der Waals surface area contributed by atoms with Gasteiger partial charge >= 0.3 is 6.03 Å². The molecule has 0 spiro atoms. The molecule has 3 rings (SSSR count). The molecule has 1 heterocycles. The largest absolute Gasteiger partial charge is 0.323 e. The average Bonchev–Trinajstić information content (AvgIpc) is 2.64. The fourth-order valence-corrected chi connectivity index (χ4v) is 2.98. The highest BCUT2D eigenvalue weighted by molar-refractivity contribution is 5.89. The maximum atomic E-state index is 12.3. The van der Waals surface area contributed by atoms with Crippen LogP contribution in [0.4, 0.5) is 10.5 Å². The second-order valence-corrected chi connectivity index (χ2v) is 5.76. The normalized spacial score (nSPS) is 21.1. The first kappa shape index (κ1) is 13.4. The molecule has 2 amide bonds. The van der Waals surface area contributed by atoms with Crippen molar-refractivity contribution in [3.8, 4) is 0 Å². The minimum absolute atomic E-state index is 0.0339. The summed E-state index contributed by atoms with van der Waals surface area (Å²) in [4.78, 5) is 16.8. The van der Waals surface area contributed by atoms with Crippen LogP contribution in [0.15, 0.2) is 30.3 Å². The van der Waals surface area contributed by atoms with E-state index in [0.717, 1.165) is 44.3 Å². The summed E-state index contributed by atoms with van der Waals surface area (Å²) in [6, 6.07) is 10.5. The molecule has 0 bridgehead atoms. The number of amides is 2. The van der Waals surface area contributed by atoms with E-state index in [-0.39, 0.29) is 6.03 Å². The van der Waals surface area contributed by atoms with Crippen LogP contribution in [-0.2, 0) is 0 Å². The van der Waals surface area contributed by atoms with Crippen molar-refractivity contribution in [2.75, 3.05) is 31.5 Å². The number of carbonyl (C=O) groups is 1. The molecule has 4 nitrogen and oxygen atoms in total. The van der Waals surface area contributed by atoms with Gasteiger partial charge in [0.2, 0.25) is 0 Å². The summed E-state index contributed by atoms with van der Waals surface area (Å²) in [5.41, 5.74) is 0.873. The van der Waals surface area contributed by atoms with E-state index in [2.05, 4.69) is 10.2 Å². The molecule has 0 radical (unpaired) electrons. The van der Waals surface area contributed by atoms with Crippen molar-refractivity contribution in [3.05, 3.63) is 30.3 Å². The zero-order valence-electron chi connectivity index (χ0n) is 11.9. The number of hydrogen-bond donors (Lipinski definition) is 1. The number of nitrogens with one attached hydrogen (secondary N) is 1. The lowest BCUT2D eigenvalue weighted by molar-refractivity contribution is 0.132. The summed E-state index contributed by atoms with van der Waals surface area (Å²) in [7, 11) is 0. The summed E-state index contributed by atoms with van der Waals surface area (Å²) in [6.07, 6.45) is 5.14. The van der Waals surface area contributed by atoms with Gasteiger partial charge in [-0.15, -0.1) is 0 Å². The van der Waals surface area contributed by atoms with Gasteiger partial charge in [-0.2, -0.15) is 0 Å². The Morgan fingerprint density at radius 1 is 1.00 bits per heavy atom. The Labute approximate surface area is 120 Å². The highest BCUT2D eigenvalue weighted by Gasteiger charge is 2.27. The number of urea groups is 1. The van der Waals surface area contributed by atoms with Gasteiger partial charge in [-0.3, -0.25) is 4.90 Å². The van der Waals surface area contributed by atoms with Crippen molar-refractivity contribution < 1.29 is 4.79 Å². The van der Waals surface area contributed by atoms with Crippen LogP contribution in [0.5, 0.6) is 0 Å². The minimum Gasteiger partial charge on any atom is -0.323 e. The van der Waals surface area contributed by atoms with E-state index < -0.39 is 0 Å². The van der Waals surface area contributed by atoms with E-state index in [0.29, 0.717) is 0 Å². The molecular weight excluding hydrogens is 250 g/mol. The van der Waals surface area contributed by atoms with Crippen molar-refractivity contribution in [1.82, 2.24) is 9.80 Å². The quantitative estimate of drug-likeness (QED) is 0.899. The number of benzene rings is 1. The second kappa shape index (κ2) is 6.27. The Kier molecular flexibility index (Phi) is 4.21. The molecule has 1 saturated heterocycles. The lowest BCUT2D eigenvalue weighted by atomic mass is 9.91. The molecule has 2 fully saturated rings. The average molecular weight is 273 g/mol. The van der Waals surface area contributed by atoms with E-state index in [4.69, 9.17) is 0 Å². The molecule has 0 aromatic heterocycles. The highest BCUT2D eigenvalue weighted by atomic mass is 16.2. The Hall–Kier alpha value is -1.55. The maximum absolute atomic E-state index is 12.3. The van der Waals surface area contributed by atoms with Crippen LogP contribution < -0.4 is 5.32 Å². The smallest absolute Gasteiger partial charge is 0.321 e. The predicted octanol–water partition coefficient (Wildman–Crippen LogP) is 2.78. The zero-order chi connectivity index (χ0) is 13.8. The first-order valence-electron chi connectivity index (χ1n) is 7.68. The molecule has 0 atom stereocenters. The predicted molar refractivity (Wildman–Crippen MR) is 80.9 cm³/mol. The molecule has 1 aromatic carbocycles. The zero-order valence-corrected chi connectivity index (χ0v) is 11.9. The molecule has 4 heteroatoms. The summed E-state index contributed by atoms with van der Waals surface area (Å²) < 4.78 is 0. The Morgan fingerprint density at radius 2 is 1.80 bits per heavy atom. The van der Waals surface area contributed by atoms with Crippen LogP contribution in [0, 0.1) is 0 Å². The number of para-hydroxylation sites is 1. The van der Waals surface area contributed by atoms with E-state index in [9.17, 15) is 4.79 Å². The van der Waals surface area contributed by atoms with Gasteiger partial charge in [0.15, 0.2) is 0 Å². The van der Waals surface area contributed by atoms with Gasteiger partial charge < -0.3 is 10.2 Å². The van der Waals surface area contributed by atoms with Crippen LogP contribution in [0.25, 0.3) is 0 Å². The van der Waals surface area contributed by atoms with E-state index >= 15 is 0 Å². The fourth-order valence-electron chi connectivity index (χ4n) is 2.98. The summed E-state index contributed by atoms with van der Waals surface area (Å²) >= 11 is 0. The standard InChI is InChI=1S/C16H23N3O/c20-16(17-14-6-2-1-3-7-14)19-11-5-10-18(12-13-19)15-8-4-9-15/h1-3,6-7,15H,4-5,8-13H2,(H,17,20). The maximum Gasteiger partial charge on any atom is 0.321 e. The molecule has 0 unspecified atom stereocenters. The number of carbonyl (C=O) groups excluding carboxylic acids is 1. The number of anilines is 1. The van der Waals surface area contributed by atoms with Gasteiger partial charge in [-0.05, 0) is 31.4 Å². The molecule has 20 heavy (non-hydrogen) atoms. The highest BCUT2D eigenvalue weighted by Crippen LogP contribution is 2.25. The van der Waals surface area contributed by atoms with Gasteiger partial charge in [-0.1, -0.05) is 24.6 Å². The van der Waals surface area contributed by atoms with Crippen LogP contribution >= 0.6 is 0 Å². The SMILES string of the molecule is O=C(Nc1ccccc1)N1CCCN(C2CCC2)CC1. The minimum atomic E-state index is 0.0339. The third kappa shape index (κ3) is 3.12. The second-order valence-electron chi connectivity index (χ2n) is 5.76. The first-order chi connectivity index (χ1) is 9.83. The molecule has 1 aliphatic carbocycles. The molecule has 1 aliphatic heterocycles. The first-order valence-corrected chi connectivity index (χ1v) is 7.68. The van der Waals surface area contributed by atoms with Crippen molar-refractivity contribution >= 4 is 11.7 Å². The van der Waals surface area contributed by atoms with Crippen molar-refractivity contribution in [2.24, 2.45) is 0 Å². The van der Waals surface area contributed by atoms with E-state index in [1.807, 2.05) is 35.2 Å². The number of nitrogens with zero attached hydrogens (tertiary/aromatic N) is 2. The lowest BCUT2D eigenvalue weighted by Gasteiger charge is -2.36. The lowest BCUT2D eigenvalue weighted by Crippen LogP contribution is -2.43. The third-order valence-electron chi connectivity index (χ3n) is 4.43. The van der Waals surface area contributed by atoms with Gasteiger partial charge in [-0.25, -0.2) is 4.79 Å². The van der Waals surface area contributed by atoms with Gasteiger partial charge in [0.1, 0.15) is 0 Å². The van der Waals surface area contributed by atoms with E-state index in [1.165, 1.54) is 19.3 Å². The van der Waals surface area contributed by atoms with Crippen LogP contribution in [0.3, 0.4) is 0 Å². The van der Waals surface area contributed by atoms with Gasteiger partial charge in [0, 0.05) is 37.9 Å². The van der Waals surface area contributed by atoms with Crippen LogP contribution in [0.1, 0.15) is 25.7 Å². The van der Waals surface area contributed by atoms with Gasteiger partial charge in [0.25, 0.3) is 0 Å². The fraction of sp³-hybridized carbons (Fsp3) is 0.562. The molecule has 1 saturated carbocycles. The molecule has 1 N–H and O–H groups in total. The molecule has 108 valence electrons. The topological polar surface area (TPSA) is 35.6 Å². The molecule has 1 aromatic rings. The monoisotopic (exact) mass is 273 g/mol. The summed E-state index contributed by atoms with van der Waals surface area (Å²) in [5, 5.41) is 2.98. The van der Waals surface area contributed by atoms with Gasteiger partial charge in [0.05, 0.1) is 0 Å². The Morgan fingerprint density at radius 3 is 2.50 bits per heavy atom. The molecule has 2 aliphatic rings. The summed E-state index contributed by atoms with van der Waals surface area (Å²) in [6.45, 7) is 3.86. The Balaban J connectivity index is 1.53. The number of rotatable bonds is 2. The third-order valence-corrected chi connectivity index (χ3v) is 4.43.